The molecule has 3 aromatic rings. The SMILES string of the molecule is Cc1ccc(-c2nnc(S[C@@H](C)C(=O)Nc3ccccc3F)o2)cc1. The molecule has 1 aromatic heterocycles. The van der Waals surface area contributed by atoms with E-state index in [9.17, 15) is 9.18 Å². The zero-order chi connectivity index (χ0) is 17.8. The molecule has 3 rings (SSSR count). The molecule has 5 nitrogen and oxygen atoms in total. The summed E-state index contributed by atoms with van der Waals surface area (Å²) in [6.45, 7) is 3.69. The molecule has 0 radical (unpaired) electrons. The highest BCUT2D eigenvalue weighted by molar-refractivity contribution is 8.00. The van der Waals surface area contributed by atoms with Gasteiger partial charge >= 0.3 is 0 Å². The first-order valence-corrected chi connectivity index (χ1v) is 8.53. The highest BCUT2D eigenvalue weighted by atomic mass is 32.2. The molecule has 25 heavy (non-hydrogen) atoms. The number of rotatable bonds is 5. The van der Waals surface area contributed by atoms with Crippen molar-refractivity contribution < 1.29 is 13.6 Å². The van der Waals surface area contributed by atoms with E-state index in [0.717, 1.165) is 22.9 Å². The van der Waals surface area contributed by atoms with Crippen molar-refractivity contribution in [1.82, 2.24) is 10.2 Å². The van der Waals surface area contributed by atoms with E-state index in [2.05, 4.69) is 15.5 Å². The molecule has 0 spiro atoms. The molecule has 1 N–H and O–H groups in total. The fourth-order valence-electron chi connectivity index (χ4n) is 2.07. The lowest BCUT2D eigenvalue weighted by Crippen LogP contribution is -2.22. The number of nitrogens with zero attached hydrogens (tertiary/aromatic N) is 2. The minimum absolute atomic E-state index is 0.144. The van der Waals surface area contributed by atoms with Gasteiger partial charge in [0.05, 0.1) is 10.9 Å². The van der Waals surface area contributed by atoms with Crippen LogP contribution < -0.4 is 5.32 Å². The summed E-state index contributed by atoms with van der Waals surface area (Å²) >= 11 is 1.12. The number of carbonyl (C=O) groups excluding carboxylic acids is 1. The van der Waals surface area contributed by atoms with E-state index in [-0.39, 0.29) is 16.8 Å². The molecule has 0 aliphatic heterocycles. The summed E-state index contributed by atoms with van der Waals surface area (Å²) in [4.78, 5) is 12.2. The average molecular weight is 357 g/mol. The van der Waals surface area contributed by atoms with E-state index in [1.54, 1.807) is 19.1 Å². The number of carbonyl (C=O) groups is 1. The number of benzene rings is 2. The lowest BCUT2D eigenvalue weighted by molar-refractivity contribution is -0.115. The Balaban J connectivity index is 1.65. The van der Waals surface area contributed by atoms with Gasteiger partial charge in [-0.25, -0.2) is 4.39 Å². The quantitative estimate of drug-likeness (QED) is 0.690. The van der Waals surface area contributed by atoms with Gasteiger partial charge in [0, 0.05) is 5.56 Å². The van der Waals surface area contributed by atoms with Gasteiger partial charge in [0.15, 0.2) is 0 Å². The number of hydrogen-bond acceptors (Lipinski definition) is 5. The van der Waals surface area contributed by atoms with Crippen molar-refractivity contribution in [3.05, 3.63) is 59.9 Å². The van der Waals surface area contributed by atoms with Gasteiger partial charge in [0.1, 0.15) is 5.82 Å². The number of para-hydroxylation sites is 1. The molecule has 0 saturated carbocycles. The van der Waals surface area contributed by atoms with Crippen LogP contribution >= 0.6 is 11.8 Å². The minimum atomic E-state index is -0.522. The highest BCUT2D eigenvalue weighted by Crippen LogP contribution is 2.27. The Morgan fingerprint density at radius 3 is 2.60 bits per heavy atom. The largest absolute Gasteiger partial charge is 0.411 e. The second kappa shape index (κ2) is 7.48. The third-order valence-electron chi connectivity index (χ3n) is 3.48. The van der Waals surface area contributed by atoms with Crippen LogP contribution in [0.4, 0.5) is 10.1 Å². The Morgan fingerprint density at radius 1 is 1.16 bits per heavy atom. The summed E-state index contributed by atoms with van der Waals surface area (Å²) in [6, 6.07) is 13.7. The molecule has 0 bridgehead atoms. The number of aryl methyl sites for hydroxylation is 1. The monoisotopic (exact) mass is 357 g/mol. The number of anilines is 1. The van der Waals surface area contributed by atoms with Crippen LogP contribution in [0.5, 0.6) is 0 Å². The summed E-state index contributed by atoms with van der Waals surface area (Å²) in [6.07, 6.45) is 0. The summed E-state index contributed by atoms with van der Waals surface area (Å²) in [7, 11) is 0. The van der Waals surface area contributed by atoms with E-state index >= 15 is 0 Å². The van der Waals surface area contributed by atoms with Crippen LogP contribution in [0.1, 0.15) is 12.5 Å². The van der Waals surface area contributed by atoms with Gasteiger partial charge in [0.25, 0.3) is 5.22 Å². The molecular weight excluding hydrogens is 341 g/mol. The zero-order valence-electron chi connectivity index (χ0n) is 13.7. The first-order chi connectivity index (χ1) is 12.0. The molecule has 0 unspecified atom stereocenters. The molecule has 2 aromatic carbocycles. The van der Waals surface area contributed by atoms with Gasteiger partial charge < -0.3 is 9.73 Å². The lowest BCUT2D eigenvalue weighted by atomic mass is 10.1. The summed E-state index contributed by atoms with van der Waals surface area (Å²) in [5, 5.41) is 10.3. The molecule has 0 aliphatic carbocycles. The Kier molecular flexibility index (Phi) is 5.14. The Morgan fingerprint density at radius 2 is 1.88 bits per heavy atom. The molecule has 1 amide bonds. The zero-order valence-corrected chi connectivity index (χ0v) is 14.5. The van der Waals surface area contributed by atoms with E-state index in [0.29, 0.717) is 5.89 Å². The topological polar surface area (TPSA) is 68.0 Å². The third-order valence-corrected chi connectivity index (χ3v) is 4.42. The van der Waals surface area contributed by atoms with Crippen molar-refractivity contribution in [3.63, 3.8) is 0 Å². The maximum atomic E-state index is 13.6. The van der Waals surface area contributed by atoms with Gasteiger partial charge in [-0.15, -0.1) is 10.2 Å². The van der Waals surface area contributed by atoms with Gasteiger partial charge in [0.2, 0.25) is 11.8 Å². The predicted octanol–water partition coefficient (Wildman–Crippen LogP) is 4.30. The fraction of sp³-hybridized carbons (Fsp3) is 0.167. The van der Waals surface area contributed by atoms with E-state index < -0.39 is 11.1 Å². The van der Waals surface area contributed by atoms with Crippen LogP contribution in [0.15, 0.2) is 58.2 Å². The summed E-state index contributed by atoms with van der Waals surface area (Å²) in [5.74, 6) is -0.429. The van der Waals surface area contributed by atoms with Crippen molar-refractivity contribution in [1.29, 1.82) is 0 Å². The minimum Gasteiger partial charge on any atom is -0.411 e. The van der Waals surface area contributed by atoms with Crippen LogP contribution in [-0.4, -0.2) is 21.4 Å². The average Bonchev–Trinajstić information content (AvgIpc) is 3.06. The molecule has 0 saturated heterocycles. The normalized spacial score (nSPS) is 12.0. The van der Waals surface area contributed by atoms with Crippen LogP contribution in [0.25, 0.3) is 11.5 Å². The smallest absolute Gasteiger partial charge is 0.277 e. The third kappa shape index (κ3) is 4.24. The predicted molar refractivity (Wildman–Crippen MR) is 94.8 cm³/mol. The van der Waals surface area contributed by atoms with Crippen molar-refractivity contribution in [2.75, 3.05) is 5.32 Å². The van der Waals surface area contributed by atoms with Crippen LogP contribution in [-0.2, 0) is 4.79 Å². The number of halogens is 1. The molecule has 0 fully saturated rings. The van der Waals surface area contributed by atoms with Crippen molar-refractivity contribution >= 4 is 23.4 Å². The molecule has 1 atom stereocenters. The van der Waals surface area contributed by atoms with Crippen LogP contribution in [0, 0.1) is 12.7 Å². The number of amides is 1. The summed E-state index contributed by atoms with van der Waals surface area (Å²) < 4.78 is 19.2. The maximum absolute atomic E-state index is 13.6. The fourth-order valence-corrected chi connectivity index (χ4v) is 2.76. The number of nitrogens with one attached hydrogen (secondary N) is 1. The van der Waals surface area contributed by atoms with Crippen molar-refractivity contribution in [2.24, 2.45) is 0 Å². The van der Waals surface area contributed by atoms with Gasteiger partial charge in [-0.3, -0.25) is 4.79 Å². The van der Waals surface area contributed by atoms with Gasteiger partial charge in [-0.2, -0.15) is 0 Å². The Hall–Kier alpha value is -2.67. The van der Waals surface area contributed by atoms with E-state index in [4.69, 9.17) is 4.42 Å². The van der Waals surface area contributed by atoms with E-state index in [1.807, 2.05) is 31.2 Å². The van der Waals surface area contributed by atoms with Crippen LogP contribution in [0.2, 0.25) is 0 Å². The molecule has 128 valence electrons. The Labute approximate surface area is 148 Å². The first kappa shape index (κ1) is 17.2. The molecule has 7 heteroatoms. The number of hydrogen-bond donors (Lipinski definition) is 1. The van der Waals surface area contributed by atoms with E-state index in [1.165, 1.54) is 12.1 Å². The molecular formula is C18H16FN3O2S. The second-order valence-electron chi connectivity index (χ2n) is 5.47. The molecule has 1 heterocycles. The van der Waals surface area contributed by atoms with Crippen molar-refractivity contribution in [3.8, 4) is 11.5 Å². The lowest BCUT2D eigenvalue weighted by Gasteiger charge is -2.10. The van der Waals surface area contributed by atoms with Crippen molar-refractivity contribution in [2.45, 2.75) is 24.3 Å². The second-order valence-corrected chi connectivity index (χ2v) is 6.76. The summed E-state index contributed by atoms with van der Waals surface area (Å²) in [5.41, 5.74) is 2.09. The van der Waals surface area contributed by atoms with Crippen LogP contribution in [0.3, 0.4) is 0 Å². The van der Waals surface area contributed by atoms with Gasteiger partial charge in [-0.05, 0) is 38.1 Å². The number of aromatic nitrogens is 2. The first-order valence-electron chi connectivity index (χ1n) is 7.65. The Bertz CT molecular complexity index is 880. The standard InChI is InChI=1S/C18H16FN3O2S/c1-11-7-9-13(10-8-11)17-21-22-18(24-17)25-12(2)16(23)20-15-6-4-3-5-14(15)19/h3-10,12H,1-2H3,(H,20,23)/t12-/m0/s1. The number of thioether (sulfide) groups is 1. The molecule has 0 aliphatic rings. The highest BCUT2D eigenvalue weighted by Gasteiger charge is 2.19. The maximum Gasteiger partial charge on any atom is 0.277 e. The van der Waals surface area contributed by atoms with Gasteiger partial charge in [-0.1, -0.05) is 41.6 Å².